The molecule has 1 heterocycles. The van der Waals surface area contributed by atoms with E-state index in [1.165, 1.54) is 12.4 Å². The monoisotopic (exact) mass is 289 g/mol. The fourth-order valence-electron chi connectivity index (χ4n) is 1.85. The summed E-state index contributed by atoms with van der Waals surface area (Å²) in [6, 6.07) is 7.83. The zero-order valence-electron chi connectivity index (χ0n) is 11.1. The molecule has 20 heavy (non-hydrogen) atoms. The lowest BCUT2D eigenvalue weighted by molar-refractivity contribution is 0.0947. The van der Waals surface area contributed by atoms with Gasteiger partial charge in [-0.1, -0.05) is 29.8 Å². The molecule has 2 rings (SSSR count). The molecule has 0 aliphatic carbocycles. The first kappa shape index (κ1) is 14.5. The van der Waals surface area contributed by atoms with Crippen molar-refractivity contribution in [2.45, 2.75) is 19.3 Å². The first-order chi connectivity index (χ1) is 9.77. The van der Waals surface area contributed by atoms with Crippen molar-refractivity contribution >= 4 is 17.5 Å². The standard InChI is InChI=1S/C15H16ClN3O/c16-13-7-2-1-5-12(13)6-3-4-8-19-15(20)14-11-17-9-10-18-14/h1-2,5,7,9-11H,3-4,6,8H2,(H,19,20). The Hall–Kier alpha value is -1.94. The van der Waals surface area contributed by atoms with E-state index in [0.29, 0.717) is 12.2 Å². The molecule has 0 atom stereocenters. The van der Waals surface area contributed by atoms with Crippen LogP contribution in [-0.4, -0.2) is 22.4 Å². The lowest BCUT2D eigenvalue weighted by atomic mass is 10.1. The van der Waals surface area contributed by atoms with E-state index >= 15 is 0 Å². The second-order valence-electron chi connectivity index (χ2n) is 4.40. The summed E-state index contributed by atoms with van der Waals surface area (Å²) in [4.78, 5) is 19.5. The Morgan fingerprint density at radius 1 is 1.20 bits per heavy atom. The number of hydrogen-bond donors (Lipinski definition) is 1. The third kappa shape index (κ3) is 4.31. The van der Waals surface area contributed by atoms with Crippen molar-refractivity contribution in [3.05, 3.63) is 59.1 Å². The summed E-state index contributed by atoms with van der Waals surface area (Å²) >= 11 is 6.08. The minimum absolute atomic E-state index is 0.184. The van der Waals surface area contributed by atoms with Crippen LogP contribution in [0.3, 0.4) is 0 Å². The van der Waals surface area contributed by atoms with E-state index in [1.54, 1.807) is 6.20 Å². The maximum Gasteiger partial charge on any atom is 0.271 e. The van der Waals surface area contributed by atoms with Crippen LogP contribution in [0.5, 0.6) is 0 Å². The Balaban J connectivity index is 1.67. The van der Waals surface area contributed by atoms with Crippen molar-refractivity contribution in [3.8, 4) is 0 Å². The van der Waals surface area contributed by atoms with Gasteiger partial charge in [-0.3, -0.25) is 9.78 Å². The normalized spacial score (nSPS) is 10.2. The van der Waals surface area contributed by atoms with Crippen LogP contribution in [-0.2, 0) is 6.42 Å². The highest BCUT2D eigenvalue weighted by Gasteiger charge is 2.05. The van der Waals surface area contributed by atoms with Gasteiger partial charge in [0, 0.05) is 24.0 Å². The second kappa shape index (κ2) is 7.60. The van der Waals surface area contributed by atoms with Crippen LogP contribution in [0.25, 0.3) is 0 Å². The molecule has 1 aromatic carbocycles. The van der Waals surface area contributed by atoms with Gasteiger partial charge in [-0.15, -0.1) is 0 Å². The smallest absolute Gasteiger partial charge is 0.271 e. The van der Waals surface area contributed by atoms with E-state index in [-0.39, 0.29) is 5.91 Å². The Labute approximate surface area is 123 Å². The van der Waals surface area contributed by atoms with Crippen molar-refractivity contribution in [2.24, 2.45) is 0 Å². The number of unbranched alkanes of at least 4 members (excludes halogenated alkanes) is 1. The molecule has 4 nitrogen and oxygen atoms in total. The molecule has 1 N–H and O–H groups in total. The Morgan fingerprint density at radius 2 is 2.05 bits per heavy atom. The number of rotatable bonds is 6. The zero-order valence-corrected chi connectivity index (χ0v) is 11.8. The molecule has 0 unspecified atom stereocenters. The molecule has 1 aromatic heterocycles. The SMILES string of the molecule is O=C(NCCCCc1ccccc1Cl)c1cnccn1. The van der Waals surface area contributed by atoms with Gasteiger partial charge in [-0.25, -0.2) is 4.98 Å². The summed E-state index contributed by atoms with van der Waals surface area (Å²) in [5, 5.41) is 3.63. The van der Waals surface area contributed by atoms with Crippen molar-refractivity contribution in [1.82, 2.24) is 15.3 Å². The molecule has 0 spiro atoms. The number of carbonyl (C=O) groups is 1. The van der Waals surface area contributed by atoms with E-state index in [4.69, 9.17) is 11.6 Å². The summed E-state index contributed by atoms with van der Waals surface area (Å²) in [7, 11) is 0. The molecule has 2 aromatic rings. The van der Waals surface area contributed by atoms with Gasteiger partial charge in [0.05, 0.1) is 6.20 Å². The molecule has 1 amide bonds. The first-order valence-corrected chi connectivity index (χ1v) is 6.93. The summed E-state index contributed by atoms with van der Waals surface area (Å²) < 4.78 is 0. The summed E-state index contributed by atoms with van der Waals surface area (Å²) in [6.07, 6.45) is 7.30. The van der Waals surface area contributed by atoms with Gasteiger partial charge in [0.2, 0.25) is 0 Å². The molecule has 0 aliphatic heterocycles. The van der Waals surface area contributed by atoms with Gasteiger partial charge < -0.3 is 5.32 Å². The van der Waals surface area contributed by atoms with Crippen LogP contribution in [0.4, 0.5) is 0 Å². The number of hydrogen-bond acceptors (Lipinski definition) is 3. The average molecular weight is 290 g/mol. The highest BCUT2D eigenvalue weighted by atomic mass is 35.5. The van der Waals surface area contributed by atoms with E-state index in [2.05, 4.69) is 15.3 Å². The summed E-state index contributed by atoms with van der Waals surface area (Å²) in [5.41, 5.74) is 1.49. The maximum atomic E-state index is 11.7. The van der Waals surface area contributed by atoms with Crippen LogP contribution in [0.2, 0.25) is 5.02 Å². The van der Waals surface area contributed by atoms with Crippen LogP contribution in [0.1, 0.15) is 28.9 Å². The molecule has 104 valence electrons. The van der Waals surface area contributed by atoms with E-state index in [0.717, 1.165) is 29.8 Å². The van der Waals surface area contributed by atoms with Gasteiger partial charge in [-0.05, 0) is 30.9 Å². The lowest BCUT2D eigenvalue weighted by Crippen LogP contribution is -2.25. The fourth-order valence-corrected chi connectivity index (χ4v) is 2.08. The minimum Gasteiger partial charge on any atom is -0.351 e. The third-order valence-electron chi connectivity index (χ3n) is 2.91. The minimum atomic E-state index is -0.184. The highest BCUT2D eigenvalue weighted by molar-refractivity contribution is 6.31. The number of aryl methyl sites for hydroxylation is 1. The predicted molar refractivity (Wildman–Crippen MR) is 78.8 cm³/mol. The maximum absolute atomic E-state index is 11.7. The van der Waals surface area contributed by atoms with Gasteiger partial charge in [-0.2, -0.15) is 0 Å². The number of aromatic nitrogens is 2. The number of carbonyl (C=O) groups excluding carboxylic acids is 1. The molecule has 0 bridgehead atoms. The van der Waals surface area contributed by atoms with Gasteiger partial charge >= 0.3 is 0 Å². The van der Waals surface area contributed by atoms with Crippen LogP contribution in [0, 0.1) is 0 Å². The van der Waals surface area contributed by atoms with Crippen molar-refractivity contribution < 1.29 is 4.79 Å². The molecule has 0 saturated carbocycles. The Morgan fingerprint density at radius 3 is 2.80 bits per heavy atom. The van der Waals surface area contributed by atoms with Gasteiger partial charge in [0.15, 0.2) is 0 Å². The largest absolute Gasteiger partial charge is 0.351 e. The zero-order chi connectivity index (χ0) is 14.2. The molecule has 5 heteroatoms. The second-order valence-corrected chi connectivity index (χ2v) is 4.80. The summed E-state index contributed by atoms with van der Waals surface area (Å²) in [5.74, 6) is -0.184. The van der Waals surface area contributed by atoms with Crippen molar-refractivity contribution in [2.75, 3.05) is 6.54 Å². The van der Waals surface area contributed by atoms with Crippen molar-refractivity contribution in [3.63, 3.8) is 0 Å². The first-order valence-electron chi connectivity index (χ1n) is 6.55. The number of amides is 1. The number of nitrogens with zero attached hydrogens (tertiary/aromatic N) is 2. The lowest BCUT2D eigenvalue weighted by Gasteiger charge is -2.05. The Bertz CT molecular complexity index is 560. The van der Waals surface area contributed by atoms with Crippen LogP contribution in [0.15, 0.2) is 42.9 Å². The summed E-state index contributed by atoms with van der Waals surface area (Å²) in [6.45, 7) is 0.625. The van der Waals surface area contributed by atoms with Crippen LogP contribution >= 0.6 is 11.6 Å². The molecule has 0 aliphatic rings. The predicted octanol–water partition coefficient (Wildman–Crippen LogP) is 2.88. The number of nitrogens with one attached hydrogen (secondary N) is 1. The molecular formula is C15H16ClN3O. The molecule has 0 radical (unpaired) electrons. The Kier molecular flexibility index (Phi) is 5.50. The highest BCUT2D eigenvalue weighted by Crippen LogP contribution is 2.16. The van der Waals surface area contributed by atoms with E-state index in [1.807, 2.05) is 24.3 Å². The van der Waals surface area contributed by atoms with Gasteiger partial charge in [0.1, 0.15) is 5.69 Å². The fraction of sp³-hybridized carbons (Fsp3) is 0.267. The third-order valence-corrected chi connectivity index (χ3v) is 3.28. The van der Waals surface area contributed by atoms with Crippen molar-refractivity contribution in [1.29, 1.82) is 0 Å². The van der Waals surface area contributed by atoms with Crippen LogP contribution < -0.4 is 5.32 Å². The number of benzene rings is 1. The molecular weight excluding hydrogens is 274 g/mol. The quantitative estimate of drug-likeness (QED) is 0.832. The van der Waals surface area contributed by atoms with E-state index < -0.39 is 0 Å². The number of halogens is 1. The topological polar surface area (TPSA) is 54.9 Å². The van der Waals surface area contributed by atoms with E-state index in [9.17, 15) is 4.79 Å². The molecule has 0 fully saturated rings. The average Bonchev–Trinajstić information content (AvgIpc) is 2.49. The van der Waals surface area contributed by atoms with Gasteiger partial charge in [0.25, 0.3) is 5.91 Å². The molecule has 0 saturated heterocycles.